The van der Waals surface area contributed by atoms with Crippen LogP contribution in [0.5, 0.6) is 0 Å². The van der Waals surface area contributed by atoms with Crippen LogP contribution in [-0.2, 0) is 13.1 Å². The predicted octanol–water partition coefficient (Wildman–Crippen LogP) is 3.70. The normalized spacial score (nSPS) is 11.0. The molecule has 0 aliphatic rings. The quantitative estimate of drug-likeness (QED) is 0.309. The van der Waals surface area contributed by atoms with Gasteiger partial charge in [0.05, 0.1) is 5.69 Å². The summed E-state index contributed by atoms with van der Waals surface area (Å²) in [6.45, 7) is 0.696. The molecule has 0 aliphatic heterocycles. The second-order valence-corrected chi connectivity index (χ2v) is 6.42. The number of aliphatic imine (C=N–C) groups is 1. The van der Waals surface area contributed by atoms with E-state index in [-0.39, 0.29) is 5.82 Å². The summed E-state index contributed by atoms with van der Waals surface area (Å²) in [6, 6.07) is 13.8. The van der Waals surface area contributed by atoms with Gasteiger partial charge >= 0.3 is 0 Å². The molecule has 7 heteroatoms. The van der Waals surface area contributed by atoms with Crippen LogP contribution in [0.15, 0.2) is 59.7 Å². The van der Waals surface area contributed by atoms with E-state index in [9.17, 15) is 9.18 Å². The Morgan fingerprint density at radius 3 is 2.66 bits per heavy atom. The Kier molecular flexibility index (Phi) is 6.65. The second kappa shape index (κ2) is 9.57. The molecule has 29 heavy (non-hydrogen) atoms. The molecule has 6 nitrogen and oxygen atoms in total. The fourth-order valence-electron chi connectivity index (χ4n) is 2.86. The molecule has 0 fully saturated rings. The van der Waals surface area contributed by atoms with E-state index in [4.69, 9.17) is 5.73 Å². The summed E-state index contributed by atoms with van der Waals surface area (Å²) in [6.07, 6.45) is 4.06. The number of hydrogen-bond donors (Lipinski definition) is 3. The Hall–Kier alpha value is -3.58. The first-order valence-corrected chi connectivity index (χ1v) is 9.07. The van der Waals surface area contributed by atoms with Gasteiger partial charge in [0, 0.05) is 66.3 Å². The third-order valence-corrected chi connectivity index (χ3v) is 4.36. The van der Waals surface area contributed by atoms with E-state index < -0.39 is 0 Å². The lowest BCUT2D eigenvalue weighted by molar-refractivity contribution is 0.112. The summed E-state index contributed by atoms with van der Waals surface area (Å²) in [5.41, 5.74) is 10.4. The average Bonchev–Trinajstić information content (AvgIpc) is 2.72. The number of nitrogens with zero attached hydrogens (tertiary/aromatic N) is 2. The molecule has 1 aromatic heterocycles. The number of rotatable bonds is 8. The summed E-state index contributed by atoms with van der Waals surface area (Å²) >= 11 is 0. The minimum Gasteiger partial charge on any atom is -0.398 e. The van der Waals surface area contributed by atoms with E-state index in [1.54, 1.807) is 43.7 Å². The Bertz CT molecular complexity index is 1040. The summed E-state index contributed by atoms with van der Waals surface area (Å²) in [7, 11) is 1.68. The van der Waals surface area contributed by atoms with E-state index in [1.807, 2.05) is 18.2 Å². The number of benzene rings is 2. The van der Waals surface area contributed by atoms with Crippen LogP contribution in [0.1, 0.15) is 27.2 Å². The van der Waals surface area contributed by atoms with Gasteiger partial charge in [-0.3, -0.25) is 14.8 Å². The van der Waals surface area contributed by atoms with Crippen LogP contribution < -0.4 is 16.4 Å². The van der Waals surface area contributed by atoms with Gasteiger partial charge in [0.2, 0.25) is 0 Å². The zero-order chi connectivity index (χ0) is 20.6. The van der Waals surface area contributed by atoms with Crippen LogP contribution in [0.2, 0.25) is 0 Å². The number of anilines is 3. The Labute approximate surface area is 168 Å². The van der Waals surface area contributed by atoms with E-state index >= 15 is 0 Å². The topological polar surface area (TPSA) is 92.4 Å². The second-order valence-electron chi connectivity index (χ2n) is 6.42. The van der Waals surface area contributed by atoms with Gasteiger partial charge in [-0.1, -0.05) is 6.07 Å². The maximum atomic E-state index is 14.5. The van der Waals surface area contributed by atoms with Crippen molar-refractivity contribution in [1.82, 2.24) is 10.3 Å². The van der Waals surface area contributed by atoms with Crippen molar-refractivity contribution < 1.29 is 9.18 Å². The van der Waals surface area contributed by atoms with Crippen LogP contribution >= 0.6 is 0 Å². The SMILES string of the molecule is CN=Cc1cc(Nc2ccc(CNCc3ncccc3C=O)c(F)c2)ccc1N. The zero-order valence-corrected chi connectivity index (χ0v) is 16.0. The van der Waals surface area contributed by atoms with Crippen molar-refractivity contribution in [2.45, 2.75) is 13.1 Å². The van der Waals surface area contributed by atoms with Crippen molar-refractivity contribution in [2.24, 2.45) is 4.99 Å². The summed E-state index contributed by atoms with van der Waals surface area (Å²) < 4.78 is 14.5. The fourth-order valence-corrected chi connectivity index (χ4v) is 2.86. The van der Waals surface area contributed by atoms with Gasteiger partial charge in [0.25, 0.3) is 0 Å². The first kappa shape index (κ1) is 20.2. The van der Waals surface area contributed by atoms with Crippen LogP contribution in [0.3, 0.4) is 0 Å². The number of carbonyl (C=O) groups is 1. The number of nitrogen functional groups attached to an aromatic ring is 1. The lowest BCUT2D eigenvalue weighted by Gasteiger charge is -2.11. The maximum absolute atomic E-state index is 14.5. The van der Waals surface area contributed by atoms with Gasteiger partial charge in [0.1, 0.15) is 5.82 Å². The van der Waals surface area contributed by atoms with E-state index in [2.05, 4.69) is 20.6 Å². The molecule has 0 amide bonds. The number of pyridine rings is 1. The molecule has 1 heterocycles. The highest BCUT2D eigenvalue weighted by atomic mass is 19.1. The number of hydrogen-bond acceptors (Lipinski definition) is 6. The zero-order valence-electron chi connectivity index (χ0n) is 16.0. The summed E-state index contributed by atoms with van der Waals surface area (Å²) in [5.74, 6) is -0.329. The minimum atomic E-state index is -0.329. The van der Waals surface area contributed by atoms with Crippen molar-refractivity contribution in [2.75, 3.05) is 18.1 Å². The van der Waals surface area contributed by atoms with Crippen LogP contribution in [0.25, 0.3) is 0 Å². The van der Waals surface area contributed by atoms with Crippen LogP contribution in [-0.4, -0.2) is 24.5 Å². The number of halogens is 1. The van der Waals surface area contributed by atoms with Gasteiger partial charge in [-0.2, -0.15) is 0 Å². The van der Waals surface area contributed by atoms with Gasteiger partial charge in [-0.05, 0) is 42.5 Å². The van der Waals surface area contributed by atoms with Crippen molar-refractivity contribution >= 4 is 29.6 Å². The smallest absolute Gasteiger partial charge is 0.151 e. The van der Waals surface area contributed by atoms with Gasteiger partial charge in [-0.15, -0.1) is 0 Å². The number of aldehydes is 1. The van der Waals surface area contributed by atoms with Crippen molar-refractivity contribution in [3.05, 3.63) is 82.9 Å². The monoisotopic (exact) mass is 391 g/mol. The lowest BCUT2D eigenvalue weighted by Crippen LogP contribution is -2.16. The molecule has 3 rings (SSSR count). The molecule has 0 bridgehead atoms. The average molecular weight is 391 g/mol. The highest BCUT2D eigenvalue weighted by Gasteiger charge is 2.07. The van der Waals surface area contributed by atoms with Crippen LogP contribution in [0, 0.1) is 5.82 Å². The number of carbonyl (C=O) groups excluding carboxylic acids is 1. The lowest BCUT2D eigenvalue weighted by atomic mass is 10.1. The largest absolute Gasteiger partial charge is 0.398 e. The highest BCUT2D eigenvalue weighted by Crippen LogP contribution is 2.22. The standard InChI is InChI=1S/C22H22FN5O/c1-25-11-17-9-18(6-7-21(17)24)28-19-5-4-15(20(23)10-19)12-26-13-22-16(14-29)3-2-8-27-22/h2-11,14,26,28H,12-13,24H2,1H3. The molecule has 148 valence electrons. The maximum Gasteiger partial charge on any atom is 0.151 e. The summed E-state index contributed by atoms with van der Waals surface area (Å²) in [5, 5.41) is 6.29. The molecule has 0 atom stereocenters. The molecule has 0 saturated carbocycles. The van der Waals surface area contributed by atoms with Crippen molar-refractivity contribution in [1.29, 1.82) is 0 Å². The molecular formula is C22H22FN5O. The molecule has 4 N–H and O–H groups in total. The summed E-state index contributed by atoms with van der Waals surface area (Å²) in [4.78, 5) is 19.2. The van der Waals surface area contributed by atoms with Gasteiger partial charge in [0.15, 0.2) is 6.29 Å². The molecule has 0 spiro atoms. The number of aromatic nitrogens is 1. The molecule has 3 aromatic rings. The Morgan fingerprint density at radius 2 is 1.90 bits per heavy atom. The Morgan fingerprint density at radius 1 is 1.10 bits per heavy atom. The third kappa shape index (κ3) is 5.24. The third-order valence-electron chi connectivity index (χ3n) is 4.36. The number of nitrogens with two attached hydrogens (primary N) is 1. The first-order chi connectivity index (χ1) is 14.1. The molecule has 0 unspecified atom stereocenters. The molecular weight excluding hydrogens is 369 g/mol. The first-order valence-electron chi connectivity index (χ1n) is 9.07. The van der Waals surface area contributed by atoms with Crippen LogP contribution in [0.4, 0.5) is 21.5 Å². The number of nitrogens with one attached hydrogen (secondary N) is 2. The van der Waals surface area contributed by atoms with Gasteiger partial charge < -0.3 is 16.4 Å². The van der Waals surface area contributed by atoms with E-state index in [1.165, 1.54) is 6.07 Å². The van der Waals surface area contributed by atoms with E-state index in [0.717, 1.165) is 17.5 Å². The Balaban J connectivity index is 1.64. The fraction of sp³-hybridized carbons (Fsp3) is 0.136. The molecule has 0 saturated heterocycles. The molecule has 0 radical (unpaired) electrons. The van der Waals surface area contributed by atoms with Crippen molar-refractivity contribution in [3.63, 3.8) is 0 Å². The highest BCUT2D eigenvalue weighted by molar-refractivity contribution is 5.88. The van der Waals surface area contributed by atoms with E-state index in [0.29, 0.717) is 41.3 Å². The molecule has 0 aliphatic carbocycles. The molecule has 2 aromatic carbocycles. The predicted molar refractivity (Wildman–Crippen MR) is 114 cm³/mol. The minimum absolute atomic E-state index is 0.319. The van der Waals surface area contributed by atoms with Crippen molar-refractivity contribution in [3.8, 4) is 0 Å². The van der Waals surface area contributed by atoms with Gasteiger partial charge in [-0.25, -0.2) is 4.39 Å².